The van der Waals surface area contributed by atoms with E-state index in [0.29, 0.717) is 5.56 Å². The molecule has 0 radical (unpaired) electrons. The number of carbonyl (C=O) groups is 1. The highest BCUT2D eigenvalue weighted by Gasteiger charge is 2.53. The van der Waals surface area contributed by atoms with Crippen molar-refractivity contribution in [1.29, 1.82) is 0 Å². The molecule has 1 aromatic heterocycles. The fourth-order valence-electron chi connectivity index (χ4n) is 7.58. The van der Waals surface area contributed by atoms with Crippen molar-refractivity contribution >= 4 is 23.0 Å². The van der Waals surface area contributed by atoms with Crippen LogP contribution in [0.2, 0.25) is 0 Å². The smallest absolute Gasteiger partial charge is 0.331 e. The average molecular weight is 965 g/mol. The molecule has 25 heteroatoms. The molecular weight excluding hydrogens is 916 g/mol. The lowest BCUT2D eigenvalue weighted by Gasteiger charge is -2.46. The molecule has 25 nitrogen and oxygen atoms in total. The zero-order valence-electron chi connectivity index (χ0n) is 35.3. The summed E-state index contributed by atoms with van der Waals surface area (Å²) in [5, 5.41) is 146. The Hall–Kier alpha value is -5.88. The first kappa shape index (κ1) is 50.0. The molecule has 0 bridgehead atoms. The molecule has 0 unspecified atom stereocenters. The lowest BCUT2D eigenvalue weighted by Crippen LogP contribution is -2.65. The number of rotatable bonds is 14. The summed E-state index contributed by atoms with van der Waals surface area (Å²) in [5.74, 6) is -5.36. The van der Waals surface area contributed by atoms with Crippen molar-refractivity contribution in [3.63, 3.8) is 0 Å². The summed E-state index contributed by atoms with van der Waals surface area (Å²) in [7, 11) is 1.30. The first-order chi connectivity index (χ1) is 32.4. The van der Waals surface area contributed by atoms with Gasteiger partial charge in [0.15, 0.2) is 47.3 Å². The number of aliphatic hydroxyl groups excluding tert-OH is 10. The molecule has 0 aliphatic carbocycles. The van der Waals surface area contributed by atoms with Gasteiger partial charge in [-0.1, -0.05) is 6.07 Å². The van der Waals surface area contributed by atoms with Crippen molar-refractivity contribution in [3.05, 3.63) is 70.4 Å². The van der Waals surface area contributed by atoms with E-state index in [4.69, 9.17) is 42.3 Å². The number of hydrogen-bond acceptors (Lipinski definition) is 25. The summed E-state index contributed by atoms with van der Waals surface area (Å²) in [6.45, 7) is -2.72. The first-order valence-electron chi connectivity index (χ1n) is 20.6. The monoisotopic (exact) mass is 964 g/mol. The zero-order chi connectivity index (χ0) is 49.3. The van der Waals surface area contributed by atoms with Gasteiger partial charge in [0.25, 0.3) is 0 Å². The molecule has 14 N–H and O–H groups in total. The van der Waals surface area contributed by atoms with Gasteiger partial charge in [-0.25, -0.2) is 4.79 Å². The van der Waals surface area contributed by atoms with Crippen LogP contribution in [0.1, 0.15) is 5.56 Å². The Morgan fingerprint density at radius 1 is 0.632 bits per heavy atom. The summed E-state index contributed by atoms with van der Waals surface area (Å²) in [6.07, 6.45) is -26.2. The number of esters is 1. The normalized spacial score (nSPS) is 32.0. The number of hydrogen-bond donors (Lipinski definition) is 14. The van der Waals surface area contributed by atoms with Gasteiger partial charge in [-0.3, -0.25) is 4.79 Å². The Morgan fingerprint density at radius 3 is 1.87 bits per heavy atom. The van der Waals surface area contributed by atoms with Crippen LogP contribution in [0.25, 0.3) is 28.4 Å². The maximum absolute atomic E-state index is 14.5. The van der Waals surface area contributed by atoms with Crippen LogP contribution in [0.3, 0.4) is 0 Å². The number of benzene rings is 3. The second-order valence-corrected chi connectivity index (χ2v) is 15.7. The quantitative estimate of drug-likeness (QED) is 0.0335. The van der Waals surface area contributed by atoms with Gasteiger partial charge in [0.1, 0.15) is 83.5 Å². The molecular formula is C43H48O25. The van der Waals surface area contributed by atoms with E-state index in [0.717, 1.165) is 36.4 Å². The third kappa shape index (κ3) is 9.98. The highest BCUT2D eigenvalue weighted by atomic mass is 16.8. The van der Waals surface area contributed by atoms with E-state index < -0.39 is 163 Å². The standard InChI is InChI=1S/C43H48O25/c1-60-22-8-15(2-5-19(22)48)3-7-27(51)66-39-34(57)30(53)25(13-45)64-42(39)68-40-35(58)31(54)26(14-46)65-43(40)67-38-32(55)28-21(50)10-17(61-41-36(59)33(56)29(52)24(12-44)63-41)11-23(28)62-37(38)16-4-6-18(47)20(49)9-16/h2-11,24-26,29-31,33-36,39-50,52-54,56-59H,12-14H2,1H3/t24-,25-,26-,29-,30-,31-,33+,34+,35+,36-,39-,40-,41-,42+,43+/m1/s1. The van der Waals surface area contributed by atoms with Gasteiger partial charge >= 0.3 is 5.97 Å². The number of phenols is 4. The number of fused-ring (bicyclic) bond motifs is 1. The first-order valence-corrected chi connectivity index (χ1v) is 20.6. The third-order valence-electron chi connectivity index (χ3n) is 11.3. The fraction of sp³-hybridized carbons (Fsp3) is 0.442. The summed E-state index contributed by atoms with van der Waals surface area (Å²) < 4.78 is 51.0. The predicted octanol–water partition coefficient (Wildman–Crippen LogP) is -3.26. The number of aliphatic hydroxyl groups is 10. The van der Waals surface area contributed by atoms with Crippen molar-refractivity contribution in [2.24, 2.45) is 0 Å². The van der Waals surface area contributed by atoms with Gasteiger partial charge in [-0.15, -0.1) is 0 Å². The van der Waals surface area contributed by atoms with Gasteiger partial charge in [0.2, 0.25) is 23.8 Å². The highest BCUT2D eigenvalue weighted by molar-refractivity contribution is 5.89. The minimum atomic E-state index is -2.16. The highest BCUT2D eigenvalue weighted by Crippen LogP contribution is 2.41. The van der Waals surface area contributed by atoms with E-state index in [1.54, 1.807) is 0 Å². The minimum absolute atomic E-state index is 0.0689. The van der Waals surface area contributed by atoms with Gasteiger partial charge in [-0.05, 0) is 42.0 Å². The fourth-order valence-corrected chi connectivity index (χ4v) is 7.58. The van der Waals surface area contributed by atoms with Crippen molar-refractivity contribution in [2.45, 2.75) is 92.1 Å². The summed E-state index contributed by atoms with van der Waals surface area (Å²) in [5.41, 5.74) is -1.56. The lowest BCUT2D eigenvalue weighted by molar-refractivity contribution is -0.358. The number of phenolic OH excluding ortho intramolecular Hbond substituents is 4. The Morgan fingerprint density at radius 2 is 1.24 bits per heavy atom. The zero-order valence-corrected chi connectivity index (χ0v) is 35.3. The number of aromatic hydroxyl groups is 4. The van der Waals surface area contributed by atoms with Crippen LogP contribution in [0.5, 0.6) is 40.2 Å². The molecule has 3 aliphatic heterocycles. The summed E-state index contributed by atoms with van der Waals surface area (Å²) in [6, 6.07) is 9.03. The molecule has 0 amide bonds. The molecule has 370 valence electrons. The molecule has 3 aromatic carbocycles. The number of methoxy groups -OCH3 is 1. The molecule has 15 atom stereocenters. The van der Waals surface area contributed by atoms with Crippen LogP contribution in [0.15, 0.2) is 63.8 Å². The van der Waals surface area contributed by atoms with Crippen molar-refractivity contribution in [3.8, 4) is 51.6 Å². The van der Waals surface area contributed by atoms with Gasteiger partial charge in [0.05, 0.1) is 26.9 Å². The van der Waals surface area contributed by atoms with E-state index in [1.807, 2.05) is 0 Å². The van der Waals surface area contributed by atoms with Gasteiger partial charge in [0, 0.05) is 23.8 Å². The molecule has 4 heterocycles. The van der Waals surface area contributed by atoms with E-state index in [2.05, 4.69) is 0 Å². The van der Waals surface area contributed by atoms with Crippen LogP contribution < -0.4 is 19.6 Å². The second kappa shape index (κ2) is 20.8. The average Bonchev–Trinajstić information content (AvgIpc) is 3.32. The Kier molecular flexibility index (Phi) is 15.3. The van der Waals surface area contributed by atoms with Crippen molar-refractivity contribution in [1.82, 2.24) is 0 Å². The van der Waals surface area contributed by atoms with Crippen LogP contribution in [-0.4, -0.2) is 197 Å². The molecule has 0 spiro atoms. The van der Waals surface area contributed by atoms with E-state index in [1.165, 1.54) is 31.4 Å². The Balaban J connectivity index is 1.26. The van der Waals surface area contributed by atoms with Crippen LogP contribution in [-0.2, 0) is 28.5 Å². The number of ether oxygens (including phenoxy) is 8. The van der Waals surface area contributed by atoms with Crippen molar-refractivity contribution in [2.75, 3.05) is 26.9 Å². The van der Waals surface area contributed by atoms with Crippen LogP contribution >= 0.6 is 0 Å². The Bertz CT molecular complexity index is 2510. The van der Waals surface area contributed by atoms with E-state index >= 15 is 0 Å². The summed E-state index contributed by atoms with van der Waals surface area (Å²) in [4.78, 5) is 27.7. The minimum Gasteiger partial charge on any atom is -0.507 e. The summed E-state index contributed by atoms with van der Waals surface area (Å²) >= 11 is 0. The Labute approximate surface area is 382 Å². The van der Waals surface area contributed by atoms with Crippen LogP contribution in [0.4, 0.5) is 0 Å². The van der Waals surface area contributed by atoms with E-state index in [9.17, 15) is 81.1 Å². The molecule has 3 aliphatic rings. The SMILES string of the molecule is COc1cc(C=CC(=O)O[C@H]2[C@H](O[C@H]3[C@H](Oc4c(-c5ccc(O)c(O)c5)oc5cc(O[C@@H]6O[C@H](CO)[C@@H](O)[C@H](O)[C@H]6O)cc(O)c5c4=O)O[C@H](CO)[C@@H](O)[C@@H]3O)O[C@H](CO)[C@@H](O)[C@@H]2O)ccc1O. The molecule has 0 saturated carbocycles. The predicted molar refractivity (Wildman–Crippen MR) is 222 cm³/mol. The van der Waals surface area contributed by atoms with Crippen molar-refractivity contribution < 1.29 is 119 Å². The third-order valence-corrected chi connectivity index (χ3v) is 11.3. The maximum Gasteiger partial charge on any atom is 0.331 e. The molecule has 7 rings (SSSR count). The molecule has 3 fully saturated rings. The van der Waals surface area contributed by atoms with Gasteiger partial charge < -0.3 is 114 Å². The molecule has 3 saturated heterocycles. The molecule has 4 aromatic rings. The van der Waals surface area contributed by atoms with Crippen LogP contribution in [0, 0.1) is 0 Å². The molecule has 68 heavy (non-hydrogen) atoms. The van der Waals surface area contributed by atoms with Gasteiger partial charge in [-0.2, -0.15) is 0 Å². The largest absolute Gasteiger partial charge is 0.507 e. The number of carbonyl (C=O) groups excluding carboxylic acids is 1. The lowest BCUT2D eigenvalue weighted by atomic mass is 9.97. The topological polar surface area (TPSA) is 404 Å². The second-order valence-electron chi connectivity index (χ2n) is 15.7. The maximum atomic E-state index is 14.5. The van der Waals surface area contributed by atoms with E-state index in [-0.39, 0.29) is 22.8 Å².